The zero-order valence-electron chi connectivity index (χ0n) is 10.9. The monoisotopic (exact) mass is 233 g/mol. The number of nitriles is 1. The Morgan fingerprint density at radius 3 is 2.47 bits per heavy atom. The average Bonchev–Trinajstić information content (AvgIpc) is 2.51. The second-order valence-electron chi connectivity index (χ2n) is 4.89. The molecule has 5 heteroatoms. The van der Waals surface area contributed by atoms with E-state index in [4.69, 9.17) is 0 Å². The van der Waals surface area contributed by atoms with Gasteiger partial charge < -0.3 is 10.2 Å². The number of anilines is 1. The molecule has 1 aliphatic heterocycles. The van der Waals surface area contributed by atoms with E-state index in [0.717, 1.165) is 24.6 Å². The second kappa shape index (κ2) is 4.38. The fourth-order valence-electron chi connectivity index (χ4n) is 2.64. The average molecular weight is 233 g/mol. The lowest BCUT2D eigenvalue weighted by molar-refractivity contribution is 0.402. The molecule has 0 aliphatic carbocycles. The molecule has 0 spiro atoms. The minimum Gasteiger partial charge on any atom is -0.353 e. The zero-order valence-corrected chi connectivity index (χ0v) is 10.9. The van der Waals surface area contributed by atoms with Gasteiger partial charge in [-0.05, 0) is 20.8 Å². The summed E-state index contributed by atoms with van der Waals surface area (Å²) >= 11 is 0. The van der Waals surface area contributed by atoms with Gasteiger partial charge in [-0.15, -0.1) is 0 Å². The molecule has 92 valence electrons. The van der Waals surface area contributed by atoms with Crippen molar-refractivity contribution in [2.75, 3.05) is 18.0 Å². The first kappa shape index (κ1) is 11.9. The van der Waals surface area contributed by atoms with E-state index in [-0.39, 0.29) is 0 Å². The van der Waals surface area contributed by atoms with Gasteiger partial charge in [0.1, 0.15) is 17.5 Å². The maximum Gasteiger partial charge on any atom is 0.145 e. The molecule has 1 aromatic heterocycles. The van der Waals surface area contributed by atoms with Crippen molar-refractivity contribution in [1.29, 1.82) is 5.26 Å². The van der Waals surface area contributed by atoms with Gasteiger partial charge in [0.05, 0.1) is 5.69 Å². The van der Waals surface area contributed by atoms with E-state index in [9.17, 15) is 5.26 Å². The van der Waals surface area contributed by atoms with Crippen molar-refractivity contribution in [3.05, 3.63) is 11.3 Å². The van der Waals surface area contributed by atoms with Gasteiger partial charge >= 0.3 is 0 Å². The summed E-state index contributed by atoms with van der Waals surface area (Å²) in [5.74, 6) is 0.949. The number of aromatic nitrogens is 2. The number of piperazine rings is 1. The Balaban J connectivity index is 2.37. The van der Waals surface area contributed by atoms with E-state index in [2.05, 4.69) is 35.2 Å². The molecule has 0 saturated carbocycles. The Morgan fingerprint density at radius 1 is 1.35 bits per heavy atom. The lowest BCUT2D eigenvalue weighted by Gasteiger charge is -2.37. The third-order valence-electron chi connectivity index (χ3n) is 3.16. The number of aryl methyl sites for hydroxylation is 2. The predicted octanol–water partition coefficient (Wildman–Crippen LogP) is 0.787. The van der Waals surface area contributed by atoms with Crippen LogP contribution >= 0.6 is 0 Å². The molecule has 0 bridgehead atoms. The summed E-state index contributed by atoms with van der Waals surface area (Å²) in [4.78, 5) is 2.25. The van der Waals surface area contributed by atoms with Gasteiger partial charge in [0.2, 0.25) is 0 Å². The molecular formula is C12H19N5. The van der Waals surface area contributed by atoms with Crippen LogP contribution in [0.15, 0.2) is 0 Å². The molecule has 2 heterocycles. The first-order valence-corrected chi connectivity index (χ1v) is 5.97. The van der Waals surface area contributed by atoms with Crippen LogP contribution in [0.5, 0.6) is 0 Å². The van der Waals surface area contributed by atoms with Gasteiger partial charge in [-0.25, -0.2) is 0 Å². The SMILES string of the molecule is Cc1nn(C)c(N2CC(C)NC(C)C2)c1C#N. The zero-order chi connectivity index (χ0) is 12.6. The summed E-state index contributed by atoms with van der Waals surface area (Å²) in [5, 5.41) is 17.1. The van der Waals surface area contributed by atoms with E-state index in [1.807, 2.05) is 18.7 Å². The largest absolute Gasteiger partial charge is 0.353 e. The van der Waals surface area contributed by atoms with E-state index >= 15 is 0 Å². The summed E-state index contributed by atoms with van der Waals surface area (Å²) in [6.07, 6.45) is 0. The molecule has 0 radical (unpaired) electrons. The highest BCUT2D eigenvalue weighted by atomic mass is 15.4. The molecule has 2 unspecified atom stereocenters. The Labute approximate surface area is 102 Å². The van der Waals surface area contributed by atoms with E-state index < -0.39 is 0 Å². The normalized spacial score (nSPS) is 24.8. The molecule has 2 atom stereocenters. The van der Waals surface area contributed by atoms with Gasteiger partial charge in [0, 0.05) is 32.2 Å². The molecule has 17 heavy (non-hydrogen) atoms. The van der Waals surface area contributed by atoms with Crippen molar-refractivity contribution in [3.8, 4) is 6.07 Å². The van der Waals surface area contributed by atoms with E-state index in [1.54, 1.807) is 0 Å². The van der Waals surface area contributed by atoms with Gasteiger partial charge in [0.15, 0.2) is 0 Å². The fraction of sp³-hybridized carbons (Fsp3) is 0.667. The van der Waals surface area contributed by atoms with Crippen LogP contribution in [0, 0.1) is 18.3 Å². The van der Waals surface area contributed by atoms with Gasteiger partial charge in [-0.3, -0.25) is 4.68 Å². The summed E-state index contributed by atoms with van der Waals surface area (Å²) in [6, 6.07) is 3.13. The summed E-state index contributed by atoms with van der Waals surface area (Å²) < 4.78 is 1.82. The number of hydrogen-bond acceptors (Lipinski definition) is 4. The third kappa shape index (κ3) is 2.13. The molecule has 2 rings (SSSR count). The Kier molecular flexibility index (Phi) is 3.07. The van der Waals surface area contributed by atoms with Crippen LogP contribution in [0.2, 0.25) is 0 Å². The van der Waals surface area contributed by atoms with Crippen molar-refractivity contribution >= 4 is 5.82 Å². The molecule has 1 aliphatic rings. The lowest BCUT2D eigenvalue weighted by atomic mass is 10.1. The van der Waals surface area contributed by atoms with Crippen molar-refractivity contribution in [3.63, 3.8) is 0 Å². The van der Waals surface area contributed by atoms with Crippen molar-refractivity contribution in [1.82, 2.24) is 15.1 Å². The quantitative estimate of drug-likeness (QED) is 0.779. The van der Waals surface area contributed by atoms with Crippen LogP contribution in [0.3, 0.4) is 0 Å². The highest BCUT2D eigenvalue weighted by Gasteiger charge is 2.26. The molecule has 1 fully saturated rings. The molecular weight excluding hydrogens is 214 g/mol. The first-order chi connectivity index (χ1) is 8.02. The van der Waals surface area contributed by atoms with Crippen LogP contribution in [0.25, 0.3) is 0 Å². The Bertz CT molecular complexity index is 446. The third-order valence-corrected chi connectivity index (χ3v) is 3.16. The standard InChI is InChI=1S/C12H19N5/c1-8-6-17(7-9(2)14-8)12-11(5-13)10(3)15-16(12)4/h8-9,14H,6-7H2,1-4H3. The number of nitrogens with zero attached hydrogens (tertiary/aromatic N) is 4. The minimum absolute atomic E-state index is 0.431. The topological polar surface area (TPSA) is 56.9 Å². The van der Waals surface area contributed by atoms with Crippen molar-refractivity contribution in [2.24, 2.45) is 7.05 Å². The van der Waals surface area contributed by atoms with Gasteiger partial charge in [-0.1, -0.05) is 0 Å². The molecule has 1 saturated heterocycles. The van der Waals surface area contributed by atoms with Crippen LogP contribution in [-0.2, 0) is 7.05 Å². The Morgan fingerprint density at radius 2 is 1.94 bits per heavy atom. The van der Waals surface area contributed by atoms with Crippen LogP contribution in [-0.4, -0.2) is 35.0 Å². The maximum absolute atomic E-state index is 9.23. The van der Waals surface area contributed by atoms with Crippen LogP contribution in [0.4, 0.5) is 5.82 Å². The highest BCUT2D eigenvalue weighted by Crippen LogP contribution is 2.24. The minimum atomic E-state index is 0.431. The van der Waals surface area contributed by atoms with Crippen molar-refractivity contribution in [2.45, 2.75) is 32.9 Å². The second-order valence-corrected chi connectivity index (χ2v) is 4.89. The number of hydrogen-bond donors (Lipinski definition) is 1. The van der Waals surface area contributed by atoms with Crippen LogP contribution < -0.4 is 10.2 Å². The first-order valence-electron chi connectivity index (χ1n) is 5.97. The predicted molar refractivity (Wildman–Crippen MR) is 66.9 cm³/mol. The highest BCUT2D eigenvalue weighted by molar-refractivity contribution is 5.57. The maximum atomic E-state index is 9.23. The summed E-state index contributed by atoms with van der Waals surface area (Å²) in [7, 11) is 1.90. The fourth-order valence-corrected chi connectivity index (χ4v) is 2.64. The molecule has 1 aromatic rings. The summed E-state index contributed by atoms with van der Waals surface area (Å²) in [6.45, 7) is 8.04. The van der Waals surface area contributed by atoms with Gasteiger partial charge in [-0.2, -0.15) is 10.4 Å². The molecule has 0 amide bonds. The number of rotatable bonds is 1. The van der Waals surface area contributed by atoms with Gasteiger partial charge in [0.25, 0.3) is 0 Å². The summed E-state index contributed by atoms with van der Waals surface area (Å²) in [5.41, 5.74) is 1.51. The lowest BCUT2D eigenvalue weighted by Crippen LogP contribution is -2.54. The van der Waals surface area contributed by atoms with E-state index in [0.29, 0.717) is 17.6 Å². The van der Waals surface area contributed by atoms with Crippen molar-refractivity contribution < 1.29 is 0 Å². The van der Waals surface area contributed by atoms with Crippen LogP contribution in [0.1, 0.15) is 25.1 Å². The van der Waals surface area contributed by atoms with E-state index in [1.165, 1.54) is 0 Å². The molecule has 1 N–H and O–H groups in total. The Hall–Kier alpha value is -1.54. The number of nitrogens with one attached hydrogen (secondary N) is 1. The smallest absolute Gasteiger partial charge is 0.145 e. The molecule has 0 aromatic carbocycles. The molecule has 5 nitrogen and oxygen atoms in total.